The summed E-state index contributed by atoms with van der Waals surface area (Å²) in [5.74, 6) is 0.450. The van der Waals surface area contributed by atoms with Crippen LogP contribution in [0.25, 0.3) is 10.9 Å². The first-order valence-electron chi connectivity index (χ1n) is 11.8. The molecular weight excluding hydrogens is 512 g/mol. The minimum absolute atomic E-state index is 0.104. The summed E-state index contributed by atoms with van der Waals surface area (Å²) < 4.78 is 12.8. The number of fused-ring (bicyclic) bond motifs is 2. The van der Waals surface area contributed by atoms with Gasteiger partial charge in [-0.3, -0.25) is 23.5 Å². The van der Waals surface area contributed by atoms with Crippen LogP contribution in [0.2, 0.25) is 5.02 Å². The zero-order valence-electron chi connectivity index (χ0n) is 20.1. The highest BCUT2D eigenvalue weighted by molar-refractivity contribution is 6.30. The van der Waals surface area contributed by atoms with E-state index in [4.69, 9.17) is 21.1 Å². The summed E-state index contributed by atoms with van der Waals surface area (Å²) in [6, 6.07) is 18.5. The van der Waals surface area contributed by atoms with Crippen LogP contribution in [-0.2, 0) is 29.2 Å². The molecule has 0 spiro atoms. The summed E-state index contributed by atoms with van der Waals surface area (Å²) >= 11 is 5.98. The predicted molar refractivity (Wildman–Crippen MR) is 142 cm³/mol. The Morgan fingerprint density at radius 2 is 1.71 bits per heavy atom. The van der Waals surface area contributed by atoms with E-state index in [2.05, 4.69) is 10.6 Å². The number of carbonyl (C=O) groups is 2. The van der Waals surface area contributed by atoms with Gasteiger partial charge < -0.3 is 20.1 Å². The molecule has 0 atom stereocenters. The van der Waals surface area contributed by atoms with E-state index in [1.807, 2.05) is 6.07 Å². The number of rotatable bonds is 8. The Morgan fingerprint density at radius 1 is 0.895 bits per heavy atom. The molecule has 0 fully saturated rings. The second-order valence-electron chi connectivity index (χ2n) is 8.62. The molecule has 194 valence electrons. The minimum Gasteiger partial charge on any atom is -0.454 e. The van der Waals surface area contributed by atoms with Crippen molar-refractivity contribution in [2.24, 2.45) is 0 Å². The molecule has 0 saturated carbocycles. The van der Waals surface area contributed by atoms with Crippen molar-refractivity contribution < 1.29 is 19.1 Å². The van der Waals surface area contributed by atoms with Crippen molar-refractivity contribution in [3.05, 3.63) is 98.2 Å². The Labute approximate surface area is 221 Å². The van der Waals surface area contributed by atoms with Gasteiger partial charge in [0.05, 0.1) is 10.9 Å². The first-order chi connectivity index (χ1) is 18.4. The third kappa shape index (κ3) is 5.40. The standard InChI is InChI=1S/C27H23ClN4O6/c28-18-4-3-5-19(13-18)30-25(34)15-32-21-7-2-1-6-20(21)26(35)31(27(32)36)11-10-24(33)29-14-17-8-9-22-23(12-17)38-16-37-22/h1-9,12-13H,10-11,14-16H2,(H,29,33)(H,30,34). The SMILES string of the molecule is O=C(CCn1c(=O)c2ccccc2n(CC(=O)Nc2cccc(Cl)c2)c1=O)NCc1ccc2c(c1)OCO2. The predicted octanol–water partition coefficient (Wildman–Crippen LogP) is 2.89. The third-order valence-corrected chi connectivity index (χ3v) is 6.27. The lowest BCUT2D eigenvalue weighted by molar-refractivity contribution is -0.121. The van der Waals surface area contributed by atoms with E-state index >= 15 is 0 Å². The Bertz CT molecular complexity index is 1660. The number of amides is 2. The van der Waals surface area contributed by atoms with E-state index in [0.717, 1.165) is 10.1 Å². The lowest BCUT2D eigenvalue weighted by Gasteiger charge is -2.14. The van der Waals surface area contributed by atoms with Gasteiger partial charge in [-0.1, -0.05) is 35.9 Å². The van der Waals surface area contributed by atoms with Crippen LogP contribution >= 0.6 is 11.6 Å². The summed E-state index contributed by atoms with van der Waals surface area (Å²) in [7, 11) is 0. The summed E-state index contributed by atoms with van der Waals surface area (Å²) in [5.41, 5.74) is 0.414. The van der Waals surface area contributed by atoms with Crippen LogP contribution in [0.3, 0.4) is 0 Å². The molecule has 1 aromatic heterocycles. The highest BCUT2D eigenvalue weighted by atomic mass is 35.5. The summed E-state index contributed by atoms with van der Waals surface area (Å²) in [6.07, 6.45) is -0.104. The molecule has 11 heteroatoms. The van der Waals surface area contributed by atoms with Gasteiger partial charge in [0.15, 0.2) is 11.5 Å². The molecule has 1 aliphatic rings. The Balaban J connectivity index is 1.32. The molecule has 0 bridgehead atoms. The fourth-order valence-electron chi connectivity index (χ4n) is 4.18. The van der Waals surface area contributed by atoms with Gasteiger partial charge >= 0.3 is 5.69 Å². The zero-order chi connectivity index (χ0) is 26.6. The van der Waals surface area contributed by atoms with Crippen molar-refractivity contribution >= 4 is 40.0 Å². The topological polar surface area (TPSA) is 121 Å². The van der Waals surface area contributed by atoms with E-state index in [0.29, 0.717) is 27.7 Å². The number of nitrogens with zero attached hydrogens (tertiary/aromatic N) is 2. The third-order valence-electron chi connectivity index (χ3n) is 6.03. The second kappa shape index (κ2) is 10.8. The first-order valence-corrected chi connectivity index (χ1v) is 12.2. The Kier molecular flexibility index (Phi) is 7.14. The number of aromatic nitrogens is 2. The number of hydrogen-bond donors (Lipinski definition) is 2. The van der Waals surface area contributed by atoms with Gasteiger partial charge in [-0.05, 0) is 48.0 Å². The molecule has 3 aromatic carbocycles. The van der Waals surface area contributed by atoms with Crippen molar-refractivity contribution in [2.45, 2.75) is 26.1 Å². The van der Waals surface area contributed by atoms with Crippen LogP contribution in [0.15, 0.2) is 76.3 Å². The van der Waals surface area contributed by atoms with Crippen LogP contribution in [0.1, 0.15) is 12.0 Å². The molecule has 5 rings (SSSR count). The molecule has 4 aromatic rings. The maximum Gasteiger partial charge on any atom is 0.331 e. The van der Waals surface area contributed by atoms with Gasteiger partial charge in [0.25, 0.3) is 5.56 Å². The number of halogens is 1. The first kappa shape index (κ1) is 25.1. The average Bonchev–Trinajstić information content (AvgIpc) is 3.38. The Morgan fingerprint density at radius 3 is 2.55 bits per heavy atom. The number of anilines is 1. The lowest BCUT2D eigenvalue weighted by Crippen LogP contribution is -2.42. The quantitative estimate of drug-likeness (QED) is 0.358. The highest BCUT2D eigenvalue weighted by Gasteiger charge is 2.17. The number of carbonyl (C=O) groups excluding carboxylic acids is 2. The van der Waals surface area contributed by atoms with E-state index in [9.17, 15) is 19.2 Å². The number of ether oxygens (including phenoxy) is 2. The van der Waals surface area contributed by atoms with Crippen molar-refractivity contribution in [1.82, 2.24) is 14.5 Å². The molecule has 0 saturated heterocycles. The molecule has 38 heavy (non-hydrogen) atoms. The van der Waals surface area contributed by atoms with Gasteiger partial charge in [0, 0.05) is 30.2 Å². The molecule has 0 aliphatic carbocycles. The summed E-state index contributed by atoms with van der Waals surface area (Å²) in [6.45, 7) is -0.0741. The lowest BCUT2D eigenvalue weighted by atomic mass is 10.2. The summed E-state index contributed by atoms with van der Waals surface area (Å²) in [5, 5.41) is 6.21. The van der Waals surface area contributed by atoms with Crippen molar-refractivity contribution in [1.29, 1.82) is 0 Å². The maximum absolute atomic E-state index is 13.3. The maximum atomic E-state index is 13.3. The van der Waals surface area contributed by atoms with Crippen molar-refractivity contribution in [3.8, 4) is 11.5 Å². The highest BCUT2D eigenvalue weighted by Crippen LogP contribution is 2.32. The van der Waals surface area contributed by atoms with Crippen LogP contribution in [0.5, 0.6) is 11.5 Å². The van der Waals surface area contributed by atoms with Gasteiger partial charge in [0.1, 0.15) is 6.54 Å². The molecule has 0 radical (unpaired) electrons. The molecule has 0 unspecified atom stereocenters. The minimum atomic E-state index is -0.682. The molecule has 2 N–H and O–H groups in total. The Hall–Kier alpha value is -4.57. The number of para-hydroxylation sites is 1. The van der Waals surface area contributed by atoms with Crippen LogP contribution < -0.4 is 31.4 Å². The van der Waals surface area contributed by atoms with Crippen LogP contribution in [0.4, 0.5) is 5.69 Å². The van der Waals surface area contributed by atoms with Crippen molar-refractivity contribution in [3.63, 3.8) is 0 Å². The van der Waals surface area contributed by atoms with E-state index in [1.165, 1.54) is 4.57 Å². The monoisotopic (exact) mass is 534 g/mol. The van der Waals surface area contributed by atoms with E-state index < -0.39 is 17.2 Å². The fraction of sp³-hybridized carbons (Fsp3) is 0.185. The summed E-state index contributed by atoms with van der Waals surface area (Å²) in [4.78, 5) is 51.7. The van der Waals surface area contributed by atoms with Gasteiger partial charge in [0.2, 0.25) is 18.6 Å². The molecular formula is C27H23ClN4O6. The largest absolute Gasteiger partial charge is 0.454 e. The normalized spacial score (nSPS) is 11.9. The van der Waals surface area contributed by atoms with Gasteiger partial charge in [-0.15, -0.1) is 0 Å². The van der Waals surface area contributed by atoms with E-state index in [1.54, 1.807) is 60.7 Å². The van der Waals surface area contributed by atoms with Crippen LogP contribution in [-0.4, -0.2) is 27.7 Å². The fourth-order valence-corrected chi connectivity index (χ4v) is 4.37. The van der Waals surface area contributed by atoms with Crippen LogP contribution in [0, 0.1) is 0 Å². The van der Waals surface area contributed by atoms with Crippen molar-refractivity contribution in [2.75, 3.05) is 12.1 Å². The van der Waals surface area contributed by atoms with Gasteiger partial charge in [-0.25, -0.2) is 4.79 Å². The number of nitrogens with one attached hydrogen (secondary N) is 2. The number of benzene rings is 3. The smallest absolute Gasteiger partial charge is 0.331 e. The molecule has 10 nitrogen and oxygen atoms in total. The van der Waals surface area contributed by atoms with E-state index in [-0.39, 0.29) is 44.1 Å². The average molecular weight is 535 g/mol. The van der Waals surface area contributed by atoms with Gasteiger partial charge in [-0.2, -0.15) is 0 Å². The molecule has 2 heterocycles. The molecule has 1 aliphatic heterocycles. The second-order valence-corrected chi connectivity index (χ2v) is 9.05. The number of hydrogen-bond acceptors (Lipinski definition) is 6. The zero-order valence-corrected chi connectivity index (χ0v) is 20.9. The molecule has 2 amide bonds.